The second-order valence-corrected chi connectivity index (χ2v) is 8.64. The first-order valence-electron chi connectivity index (χ1n) is 9.66. The Kier molecular flexibility index (Phi) is 5.70. The Morgan fingerprint density at radius 1 is 1.32 bits per heavy atom. The van der Waals surface area contributed by atoms with Crippen LogP contribution in [0.15, 0.2) is 17.5 Å². The van der Waals surface area contributed by atoms with Crippen LogP contribution in [0.1, 0.15) is 43.0 Å². The summed E-state index contributed by atoms with van der Waals surface area (Å²) in [7, 11) is 0. The van der Waals surface area contributed by atoms with Crippen molar-refractivity contribution < 1.29 is 9.53 Å². The molecular weight excluding hydrogens is 334 g/mol. The minimum atomic E-state index is 0.223. The number of carbonyl (C=O) groups excluding carboxylic acids is 1. The maximum Gasteiger partial charge on any atom is 0.220 e. The van der Waals surface area contributed by atoms with Gasteiger partial charge < -0.3 is 15.4 Å². The van der Waals surface area contributed by atoms with Crippen LogP contribution in [0.4, 0.5) is 0 Å². The highest BCUT2D eigenvalue weighted by atomic mass is 32.1. The molecule has 3 aliphatic rings. The van der Waals surface area contributed by atoms with Gasteiger partial charge in [-0.2, -0.15) is 0 Å². The van der Waals surface area contributed by atoms with Crippen LogP contribution in [0.3, 0.4) is 0 Å². The number of fused-ring (bicyclic) bond motifs is 2. The topological polar surface area (TPSA) is 53.6 Å². The van der Waals surface area contributed by atoms with Crippen LogP contribution >= 0.6 is 11.3 Å². The Bertz CT molecular complexity index is 547. The zero-order valence-corrected chi connectivity index (χ0v) is 15.6. The molecule has 1 amide bonds. The van der Waals surface area contributed by atoms with Crippen LogP contribution < -0.4 is 10.6 Å². The van der Waals surface area contributed by atoms with Gasteiger partial charge in [-0.3, -0.25) is 9.69 Å². The molecule has 3 atom stereocenters. The molecule has 1 aromatic rings. The fourth-order valence-corrected chi connectivity index (χ4v) is 5.53. The molecule has 3 saturated heterocycles. The third-order valence-corrected chi connectivity index (χ3v) is 6.87. The quantitative estimate of drug-likeness (QED) is 0.813. The molecule has 2 N–H and O–H groups in total. The number of thiophene rings is 1. The molecule has 0 aromatic carbocycles. The van der Waals surface area contributed by atoms with Gasteiger partial charge >= 0.3 is 0 Å². The standard InChI is InChI=1S/C19H29N3O2S/c23-19(12-14-10-15-3-4-16(11-14)21-15)20-13-17(18-2-1-9-25-18)22-5-7-24-8-6-22/h1-2,9,14-17,21H,3-8,10-13H2,(H,20,23). The maximum atomic E-state index is 12.5. The van der Waals surface area contributed by atoms with Gasteiger partial charge in [0.25, 0.3) is 0 Å². The zero-order chi connectivity index (χ0) is 17.1. The fourth-order valence-electron chi connectivity index (χ4n) is 4.67. The van der Waals surface area contributed by atoms with Crippen LogP contribution in [0.2, 0.25) is 0 Å². The van der Waals surface area contributed by atoms with E-state index < -0.39 is 0 Å². The summed E-state index contributed by atoms with van der Waals surface area (Å²) in [5.74, 6) is 0.781. The summed E-state index contributed by atoms with van der Waals surface area (Å²) in [5.41, 5.74) is 0. The molecule has 3 fully saturated rings. The second kappa shape index (κ2) is 8.16. The molecule has 4 heterocycles. The van der Waals surface area contributed by atoms with E-state index in [0.29, 0.717) is 31.0 Å². The SMILES string of the molecule is O=C(CC1CC2CCC(C1)N2)NCC(c1cccs1)N1CCOCC1. The summed E-state index contributed by atoms with van der Waals surface area (Å²) in [5, 5.41) is 9.01. The monoisotopic (exact) mass is 363 g/mol. The second-order valence-electron chi connectivity index (χ2n) is 7.66. The maximum absolute atomic E-state index is 12.5. The lowest BCUT2D eigenvalue weighted by molar-refractivity contribution is -0.122. The van der Waals surface area contributed by atoms with Gasteiger partial charge in [0.15, 0.2) is 0 Å². The average Bonchev–Trinajstić information content (AvgIpc) is 3.26. The van der Waals surface area contributed by atoms with E-state index in [4.69, 9.17) is 4.74 Å². The largest absolute Gasteiger partial charge is 0.379 e. The molecule has 5 nitrogen and oxygen atoms in total. The number of ether oxygens (including phenoxy) is 1. The molecule has 0 radical (unpaired) electrons. The molecule has 0 aliphatic carbocycles. The minimum Gasteiger partial charge on any atom is -0.379 e. The molecule has 138 valence electrons. The fraction of sp³-hybridized carbons (Fsp3) is 0.737. The normalized spacial score (nSPS) is 31.0. The number of morpholine rings is 1. The van der Waals surface area contributed by atoms with Crippen molar-refractivity contribution in [1.29, 1.82) is 0 Å². The van der Waals surface area contributed by atoms with Crippen molar-refractivity contribution in [2.75, 3.05) is 32.8 Å². The van der Waals surface area contributed by atoms with E-state index in [0.717, 1.165) is 26.3 Å². The number of nitrogens with zero attached hydrogens (tertiary/aromatic N) is 1. The van der Waals surface area contributed by atoms with Gasteiger partial charge in [-0.1, -0.05) is 6.07 Å². The number of hydrogen-bond donors (Lipinski definition) is 2. The minimum absolute atomic E-state index is 0.223. The smallest absolute Gasteiger partial charge is 0.220 e. The van der Waals surface area contributed by atoms with Gasteiger partial charge in [0.05, 0.1) is 19.3 Å². The van der Waals surface area contributed by atoms with E-state index in [2.05, 4.69) is 33.0 Å². The highest BCUT2D eigenvalue weighted by Crippen LogP contribution is 2.32. The van der Waals surface area contributed by atoms with E-state index in [9.17, 15) is 4.79 Å². The van der Waals surface area contributed by atoms with E-state index in [1.165, 1.54) is 30.6 Å². The summed E-state index contributed by atoms with van der Waals surface area (Å²) >= 11 is 1.78. The molecule has 3 unspecified atom stereocenters. The lowest BCUT2D eigenvalue weighted by Gasteiger charge is -2.34. The molecule has 0 spiro atoms. The average molecular weight is 364 g/mol. The Balaban J connectivity index is 1.30. The van der Waals surface area contributed by atoms with Gasteiger partial charge in [0, 0.05) is 43.0 Å². The number of piperidine rings is 1. The number of hydrogen-bond acceptors (Lipinski definition) is 5. The number of nitrogens with one attached hydrogen (secondary N) is 2. The van der Waals surface area contributed by atoms with Crippen molar-refractivity contribution in [2.45, 2.75) is 50.2 Å². The van der Waals surface area contributed by atoms with Gasteiger partial charge in [-0.25, -0.2) is 0 Å². The van der Waals surface area contributed by atoms with Crippen molar-refractivity contribution >= 4 is 17.2 Å². The van der Waals surface area contributed by atoms with Crippen LogP contribution in [0.25, 0.3) is 0 Å². The van der Waals surface area contributed by atoms with Gasteiger partial charge in [-0.05, 0) is 43.0 Å². The van der Waals surface area contributed by atoms with E-state index >= 15 is 0 Å². The Morgan fingerprint density at radius 3 is 2.76 bits per heavy atom. The first kappa shape index (κ1) is 17.5. The summed E-state index contributed by atoms with van der Waals surface area (Å²) in [6.45, 7) is 4.16. The third-order valence-electron chi connectivity index (χ3n) is 5.90. The van der Waals surface area contributed by atoms with Crippen molar-refractivity contribution in [3.8, 4) is 0 Å². The van der Waals surface area contributed by atoms with Gasteiger partial charge in [0.2, 0.25) is 5.91 Å². The molecule has 1 aromatic heterocycles. The predicted molar refractivity (Wildman–Crippen MR) is 99.7 cm³/mol. The summed E-state index contributed by atoms with van der Waals surface area (Å²) in [6.07, 6.45) is 5.61. The molecule has 0 saturated carbocycles. The lowest BCUT2D eigenvalue weighted by Crippen LogP contribution is -2.44. The molecule has 6 heteroatoms. The van der Waals surface area contributed by atoms with E-state index in [1.807, 2.05) is 0 Å². The summed E-state index contributed by atoms with van der Waals surface area (Å²) < 4.78 is 5.49. The molecular formula is C19H29N3O2S. The Labute approximate surface area is 154 Å². The third kappa shape index (κ3) is 4.42. The first-order valence-corrected chi connectivity index (χ1v) is 10.5. The van der Waals surface area contributed by atoms with Crippen molar-refractivity contribution in [3.63, 3.8) is 0 Å². The molecule has 25 heavy (non-hydrogen) atoms. The highest BCUT2D eigenvalue weighted by molar-refractivity contribution is 7.10. The van der Waals surface area contributed by atoms with E-state index in [-0.39, 0.29) is 11.9 Å². The van der Waals surface area contributed by atoms with Crippen molar-refractivity contribution in [1.82, 2.24) is 15.5 Å². The Morgan fingerprint density at radius 2 is 2.08 bits per heavy atom. The number of carbonyl (C=O) groups is 1. The molecule has 3 aliphatic heterocycles. The predicted octanol–water partition coefficient (Wildman–Crippen LogP) is 2.16. The van der Waals surface area contributed by atoms with Crippen molar-refractivity contribution in [3.05, 3.63) is 22.4 Å². The van der Waals surface area contributed by atoms with Crippen LogP contribution in [-0.2, 0) is 9.53 Å². The van der Waals surface area contributed by atoms with Crippen LogP contribution in [-0.4, -0.2) is 55.7 Å². The lowest BCUT2D eigenvalue weighted by atomic mass is 9.89. The summed E-state index contributed by atoms with van der Waals surface area (Å²) in [4.78, 5) is 16.3. The Hall–Kier alpha value is -0.950. The number of rotatable bonds is 6. The highest BCUT2D eigenvalue weighted by Gasteiger charge is 2.34. The zero-order valence-electron chi connectivity index (χ0n) is 14.8. The van der Waals surface area contributed by atoms with Gasteiger partial charge in [-0.15, -0.1) is 11.3 Å². The summed E-state index contributed by atoms with van der Waals surface area (Å²) in [6, 6.07) is 5.87. The van der Waals surface area contributed by atoms with Crippen LogP contribution in [0.5, 0.6) is 0 Å². The van der Waals surface area contributed by atoms with E-state index in [1.54, 1.807) is 11.3 Å². The van der Waals surface area contributed by atoms with Crippen molar-refractivity contribution in [2.24, 2.45) is 5.92 Å². The first-order chi connectivity index (χ1) is 12.3. The molecule has 4 rings (SSSR count). The van der Waals surface area contributed by atoms with Crippen LogP contribution in [0, 0.1) is 5.92 Å². The van der Waals surface area contributed by atoms with Gasteiger partial charge in [0.1, 0.15) is 0 Å². The molecule has 2 bridgehead atoms. The number of amides is 1.